The standard InChI is InChI=1S/C19H24ClN5/c20-17-3-1-16(2-4-17)14-23-9-11-24(12-10-23)18-5-8-25(15-18)19-13-21-6-7-22-19/h1-4,6-7,13,18H,5,8-12,14-15H2/t18-/m0/s1. The van der Waals surface area contributed by atoms with Gasteiger partial charge in [-0.15, -0.1) is 0 Å². The maximum atomic E-state index is 5.97. The highest BCUT2D eigenvalue weighted by Gasteiger charge is 2.30. The predicted molar refractivity (Wildman–Crippen MR) is 101 cm³/mol. The lowest BCUT2D eigenvalue weighted by Crippen LogP contribution is -2.50. The first-order valence-electron chi connectivity index (χ1n) is 9.00. The fraction of sp³-hybridized carbons (Fsp3) is 0.474. The van der Waals surface area contributed by atoms with E-state index in [0.717, 1.165) is 56.7 Å². The number of halogens is 1. The second-order valence-corrected chi connectivity index (χ2v) is 7.33. The topological polar surface area (TPSA) is 35.5 Å². The summed E-state index contributed by atoms with van der Waals surface area (Å²) in [7, 11) is 0. The Labute approximate surface area is 154 Å². The molecular weight excluding hydrogens is 334 g/mol. The zero-order valence-electron chi connectivity index (χ0n) is 14.4. The fourth-order valence-corrected chi connectivity index (χ4v) is 3.96. The van der Waals surface area contributed by atoms with Crippen molar-refractivity contribution in [3.63, 3.8) is 0 Å². The third-order valence-corrected chi connectivity index (χ3v) is 5.53. The van der Waals surface area contributed by atoms with E-state index in [4.69, 9.17) is 11.6 Å². The molecule has 0 bridgehead atoms. The lowest BCUT2D eigenvalue weighted by molar-refractivity contribution is 0.0987. The maximum absolute atomic E-state index is 5.97. The lowest BCUT2D eigenvalue weighted by atomic mass is 10.1. The molecule has 1 aromatic carbocycles. The summed E-state index contributed by atoms with van der Waals surface area (Å²) < 4.78 is 0. The Morgan fingerprint density at radius 1 is 1.00 bits per heavy atom. The summed E-state index contributed by atoms with van der Waals surface area (Å²) >= 11 is 5.97. The van der Waals surface area contributed by atoms with Crippen molar-refractivity contribution in [1.29, 1.82) is 0 Å². The highest BCUT2D eigenvalue weighted by molar-refractivity contribution is 6.30. The van der Waals surface area contributed by atoms with Gasteiger partial charge in [0.15, 0.2) is 0 Å². The second-order valence-electron chi connectivity index (χ2n) is 6.89. The van der Waals surface area contributed by atoms with E-state index in [9.17, 15) is 0 Å². The van der Waals surface area contributed by atoms with E-state index in [1.807, 2.05) is 18.3 Å². The van der Waals surface area contributed by atoms with Gasteiger partial charge >= 0.3 is 0 Å². The molecule has 2 saturated heterocycles. The molecule has 6 heteroatoms. The van der Waals surface area contributed by atoms with Gasteiger partial charge in [-0.05, 0) is 24.1 Å². The number of benzene rings is 1. The van der Waals surface area contributed by atoms with Gasteiger partial charge in [0.1, 0.15) is 5.82 Å². The van der Waals surface area contributed by atoms with Crippen LogP contribution in [0.3, 0.4) is 0 Å². The fourth-order valence-electron chi connectivity index (χ4n) is 3.84. The van der Waals surface area contributed by atoms with E-state index >= 15 is 0 Å². The van der Waals surface area contributed by atoms with E-state index < -0.39 is 0 Å². The van der Waals surface area contributed by atoms with Crippen molar-refractivity contribution in [3.8, 4) is 0 Å². The summed E-state index contributed by atoms with van der Waals surface area (Å²) in [6, 6.07) is 8.86. The number of hydrogen-bond donors (Lipinski definition) is 0. The van der Waals surface area contributed by atoms with Gasteiger partial charge in [-0.25, -0.2) is 4.98 Å². The van der Waals surface area contributed by atoms with Crippen LogP contribution in [0.2, 0.25) is 5.02 Å². The minimum Gasteiger partial charge on any atom is -0.354 e. The van der Waals surface area contributed by atoms with E-state index in [0.29, 0.717) is 6.04 Å². The van der Waals surface area contributed by atoms with Crippen molar-refractivity contribution in [3.05, 3.63) is 53.4 Å². The molecule has 1 atom stereocenters. The molecule has 132 valence electrons. The van der Waals surface area contributed by atoms with Crippen LogP contribution in [-0.4, -0.2) is 65.1 Å². The molecule has 2 fully saturated rings. The van der Waals surface area contributed by atoms with E-state index in [1.165, 1.54) is 12.0 Å². The Balaban J connectivity index is 1.27. The van der Waals surface area contributed by atoms with Crippen LogP contribution in [0.15, 0.2) is 42.9 Å². The molecule has 0 spiro atoms. The Bertz CT molecular complexity index is 670. The van der Waals surface area contributed by atoms with Crippen LogP contribution in [0.1, 0.15) is 12.0 Å². The molecule has 0 N–H and O–H groups in total. The third kappa shape index (κ3) is 4.11. The van der Waals surface area contributed by atoms with E-state index in [1.54, 1.807) is 12.4 Å². The first kappa shape index (κ1) is 16.8. The summed E-state index contributed by atoms with van der Waals surface area (Å²) in [5.41, 5.74) is 1.34. The molecule has 3 heterocycles. The van der Waals surface area contributed by atoms with Crippen LogP contribution in [0.4, 0.5) is 5.82 Å². The molecule has 4 rings (SSSR count). The summed E-state index contributed by atoms with van der Waals surface area (Å²) in [6.07, 6.45) is 6.59. The highest BCUT2D eigenvalue weighted by atomic mass is 35.5. The van der Waals surface area contributed by atoms with Crippen LogP contribution in [0.5, 0.6) is 0 Å². The van der Waals surface area contributed by atoms with Gasteiger partial charge in [0.05, 0.1) is 6.20 Å². The van der Waals surface area contributed by atoms with Gasteiger partial charge < -0.3 is 4.90 Å². The second kappa shape index (κ2) is 7.68. The number of piperazine rings is 1. The van der Waals surface area contributed by atoms with Gasteiger partial charge in [-0.3, -0.25) is 14.8 Å². The maximum Gasteiger partial charge on any atom is 0.147 e. The number of hydrogen-bond acceptors (Lipinski definition) is 5. The lowest BCUT2D eigenvalue weighted by Gasteiger charge is -2.38. The molecule has 2 aliphatic rings. The van der Waals surface area contributed by atoms with Gasteiger partial charge in [0.2, 0.25) is 0 Å². The SMILES string of the molecule is Clc1ccc(CN2CCN([C@H]3CCN(c4cnccn4)C3)CC2)cc1. The zero-order valence-corrected chi connectivity index (χ0v) is 15.1. The van der Waals surface area contributed by atoms with Crippen molar-refractivity contribution in [1.82, 2.24) is 19.8 Å². The quantitative estimate of drug-likeness (QED) is 0.840. The predicted octanol–water partition coefficient (Wildman–Crippen LogP) is 2.53. The van der Waals surface area contributed by atoms with Crippen molar-refractivity contribution >= 4 is 17.4 Å². The van der Waals surface area contributed by atoms with Crippen molar-refractivity contribution in [2.24, 2.45) is 0 Å². The highest BCUT2D eigenvalue weighted by Crippen LogP contribution is 2.22. The first-order chi connectivity index (χ1) is 12.3. The van der Waals surface area contributed by atoms with Gasteiger partial charge in [-0.2, -0.15) is 0 Å². The first-order valence-corrected chi connectivity index (χ1v) is 9.37. The number of aromatic nitrogens is 2. The molecule has 0 radical (unpaired) electrons. The van der Waals surface area contributed by atoms with Crippen LogP contribution >= 0.6 is 11.6 Å². The van der Waals surface area contributed by atoms with Gasteiger partial charge in [-0.1, -0.05) is 23.7 Å². The van der Waals surface area contributed by atoms with Crippen molar-refractivity contribution in [2.75, 3.05) is 44.2 Å². The van der Waals surface area contributed by atoms with E-state index in [2.05, 4.69) is 36.8 Å². The van der Waals surface area contributed by atoms with Crippen molar-refractivity contribution < 1.29 is 0 Å². The average Bonchev–Trinajstić information content (AvgIpc) is 3.15. The Morgan fingerprint density at radius 3 is 2.52 bits per heavy atom. The number of anilines is 1. The Hall–Kier alpha value is -1.69. The molecule has 1 aromatic heterocycles. The van der Waals surface area contributed by atoms with Crippen LogP contribution < -0.4 is 4.90 Å². The molecule has 0 aliphatic carbocycles. The number of nitrogens with zero attached hydrogens (tertiary/aromatic N) is 5. The third-order valence-electron chi connectivity index (χ3n) is 5.28. The molecule has 25 heavy (non-hydrogen) atoms. The molecular formula is C19H24ClN5. The molecule has 0 saturated carbocycles. The summed E-state index contributed by atoms with van der Waals surface area (Å²) in [5, 5.41) is 0.808. The van der Waals surface area contributed by atoms with E-state index in [-0.39, 0.29) is 0 Å². The monoisotopic (exact) mass is 357 g/mol. The normalized spacial score (nSPS) is 22.4. The summed E-state index contributed by atoms with van der Waals surface area (Å²) in [5.74, 6) is 1.01. The molecule has 2 aromatic rings. The zero-order chi connectivity index (χ0) is 17.1. The molecule has 2 aliphatic heterocycles. The largest absolute Gasteiger partial charge is 0.354 e. The van der Waals surface area contributed by atoms with Crippen molar-refractivity contribution in [2.45, 2.75) is 19.0 Å². The Morgan fingerprint density at radius 2 is 1.80 bits per heavy atom. The van der Waals surface area contributed by atoms with Gasteiger partial charge in [0.25, 0.3) is 0 Å². The van der Waals surface area contributed by atoms with Crippen LogP contribution in [0, 0.1) is 0 Å². The summed E-state index contributed by atoms with van der Waals surface area (Å²) in [4.78, 5) is 16.2. The minimum atomic E-state index is 0.639. The minimum absolute atomic E-state index is 0.639. The summed E-state index contributed by atoms with van der Waals surface area (Å²) in [6.45, 7) is 7.71. The molecule has 5 nitrogen and oxygen atoms in total. The van der Waals surface area contributed by atoms with Crippen LogP contribution in [0.25, 0.3) is 0 Å². The Kier molecular flexibility index (Phi) is 5.15. The smallest absolute Gasteiger partial charge is 0.147 e. The van der Waals surface area contributed by atoms with Gasteiger partial charge in [0, 0.05) is 69.3 Å². The molecule has 0 unspecified atom stereocenters. The van der Waals surface area contributed by atoms with Crippen LogP contribution in [-0.2, 0) is 6.54 Å². The molecule has 0 amide bonds. The number of rotatable bonds is 4. The average molecular weight is 358 g/mol.